The molecule has 1 aromatic heterocycles. The number of ketones is 1. The third-order valence-electron chi connectivity index (χ3n) is 3.82. The second kappa shape index (κ2) is 8.31. The van der Waals surface area contributed by atoms with Crippen LogP contribution in [0.5, 0.6) is 0 Å². The number of nitrogens with zero attached hydrogens (tertiary/aromatic N) is 2. The number of halogens is 9. The Balaban J connectivity index is 3.45. The number of alkyl halides is 9. The summed E-state index contributed by atoms with van der Waals surface area (Å²) in [5, 5.41) is 0. The molecule has 0 aliphatic heterocycles. The third-order valence-corrected chi connectivity index (χ3v) is 5.54. The Bertz CT molecular complexity index is 954. The summed E-state index contributed by atoms with van der Waals surface area (Å²) in [7, 11) is -1.47. The van der Waals surface area contributed by atoms with Crippen LogP contribution >= 0.6 is 0 Å². The van der Waals surface area contributed by atoms with Crippen LogP contribution in [0.15, 0.2) is 29.4 Å². The number of carbonyl (C=O) groups excluding carboxylic acids is 1. The van der Waals surface area contributed by atoms with Crippen molar-refractivity contribution >= 4 is 15.6 Å². The molecule has 0 N–H and O–H groups in total. The summed E-state index contributed by atoms with van der Waals surface area (Å²) in [6.45, 7) is 1.19. The van der Waals surface area contributed by atoms with E-state index in [4.69, 9.17) is 0 Å². The Hall–Kier alpha value is -2.32. The van der Waals surface area contributed by atoms with Gasteiger partial charge in [0.15, 0.2) is 9.84 Å². The van der Waals surface area contributed by atoms with Crippen molar-refractivity contribution in [2.45, 2.75) is 30.9 Å². The molecule has 5 nitrogen and oxygen atoms in total. The molecule has 31 heavy (non-hydrogen) atoms. The molecule has 1 rings (SSSR count). The average molecular weight is 486 g/mol. The lowest BCUT2D eigenvalue weighted by Crippen LogP contribution is -2.59. The highest BCUT2D eigenvalue weighted by Gasteiger charge is 2.82. The number of Topliss-reactive ketones (excluding diaryl/α,β-unsaturated/α-hetero) is 1. The summed E-state index contributed by atoms with van der Waals surface area (Å²) in [6.07, 6.45) is -6.33. The van der Waals surface area contributed by atoms with E-state index in [0.717, 1.165) is 11.1 Å². The first-order valence-electron chi connectivity index (χ1n) is 8.06. The summed E-state index contributed by atoms with van der Waals surface area (Å²) >= 11 is 0. The van der Waals surface area contributed by atoms with Crippen LogP contribution in [0.25, 0.3) is 0 Å². The average Bonchev–Trinajstić information content (AvgIpc) is 2.64. The van der Waals surface area contributed by atoms with Gasteiger partial charge < -0.3 is 4.90 Å². The second-order valence-corrected chi connectivity index (χ2v) is 8.59. The molecule has 0 spiro atoms. The summed E-state index contributed by atoms with van der Waals surface area (Å²) in [6, 6.07) is 0.286. The van der Waals surface area contributed by atoms with E-state index in [0.29, 0.717) is 6.07 Å². The summed E-state index contributed by atoms with van der Waals surface area (Å²) in [5.74, 6) is -21.9. The standard InChI is InChI=1S/C16H15F9N2O3S/c1-4-31(29,30)11(8-27(2)3)12(28)10-6-5-9(7-26-10)13(17,18)14(19,20)15(21,22)16(23,24)25/h5-8H,4H2,1-3H3. The summed E-state index contributed by atoms with van der Waals surface area (Å²) < 4.78 is 141. The largest absolute Gasteiger partial charge is 0.460 e. The van der Waals surface area contributed by atoms with Crippen molar-refractivity contribution in [1.29, 1.82) is 0 Å². The zero-order chi connectivity index (χ0) is 24.6. The maximum atomic E-state index is 13.9. The number of sulfone groups is 1. The number of allylic oxidation sites excluding steroid dienone is 1. The van der Waals surface area contributed by atoms with Gasteiger partial charge in [-0.05, 0) is 12.1 Å². The molecule has 0 saturated carbocycles. The van der Waals surface area contributed by atoms with Crippen molar-refractivity contribution in [3.63, 3.8) is 0 Å². The van der Waals surface area contributed by atoms with Crippen LogP contribution in [0.4, 0.5) is 39.5 Å². The van der Waals surface area contributed by atoms with E-state index in [-0.39, 0.29) is 12.3 Å². The van der Waals surface area contributed by atoms with Gasteiger partial charge in [-0.3, -0.25) is 9.78 Å². The molecule has 1 heterocycles. The fourth-order valence-corrected chi connectivity index (χ4v) is 3.14. The summed E-state index contributed by atoms with van der Waals surface area (Å²) in [4.78, 5) is 15.8. The molecule has 0 saturated heterocycles. The van der Waals surface area contributed by atoms with Gasteiger partial charge >= 0.3 is 23.9 Å². The number of hydrogen-bond donors (Lipinski definition) is 0. The zero-order valence-corrected chi connectivity index (χ0v) is 16.8. The number of rotatable bonds is 8. The van der Waals surface area contributed by atoms with Crippen LogP contribution in [-0.2, 0) is 15.8 Å². The van der Waals surface area contributed by atoms with Gasteiger partial charge in [0.2, 0.25) is 5.78 Å². The van der Waals surface area contributed by atoms with Crippen LogP contribution in [0.2, 0.25) is 0 Å². The fourth-order valence-electron chi connectivity index (χ4n) is 2.07. The Morgan fingerprint density at radius 3 is 1.87 bits per heavy atom. The van der Waals surface area contributed by atoms with Gasteiger partial charge in [-0.15, -0.1) is 0 Å². The molecule has 0 amide bonds. The van der Waals surface area contributed by atoms with Gasteiger partial charge in [-0.2, -0.15) is 39.5 Å². The van der Waals surface area contributed by atoms with E-state index in [1.807, 2.05) is 0 Å². The third kappa shape index (κ3) is 4.80. The van der Waals surface area contributed by atoms with E-state index in [1.54, 1.807) is 0 Å². The number of pyridine rings is 1. The van der Waals surface area contributed by atoms with Gasteiger partial charge in [0, 0.05) is 32.1 Å². The quantitative estimate of drug-likeness (QED) is 0.316. The van der Waals surface area contributed by atoms with E-state index in [2.05, 4.69) is 4.98 Å². The Kier molecular flexibility index (Phi) is 7.17. The SMILES string of the molecule is CCS(=O)(=O)C(=CN(C)C)C(=O)c1ccc(C(F)(F)C(F)(F)C(F)(F)C(F)(F)F)cn1. The lowest BCUT2D eigenvalue weighted by molar-refractivity contribution is -0.399. The molecular formula is C16H15F9N2O3S. The lowest BCUT2D eigenvalue weighted by Gasteiger charge is -2.33. The Morgan fingerprint density at radius 1 is 1.00 bits per heavy atom. The Morgan fingerprint density at radius 2 is 1.52 bits per heavy atom. The molecule has 0 radical (unpaired) electrons. The van der Waals surface area contributed by atoms with Crippen LogP contribution in [-0.4, -0.2) is 62.0 Å². The predicted octanol–water partition coefficient (Wildman–Crippen LogP) is 4.03. The highest BCUT2D eigenvalue weighted by molar-refractivity contribution is 7.96. The Labute approximate surface area is 170 Å². The molecule has 0 aliphatic carbocycles. The lowest BCUT2D eigenvalue weighted by atomic mass is 9.97. The molecule has 0 unspecified atom stereocenters. The highest BCUT2D eigenvalue weighted by Crippen LogP contribution is 2.56. The van der Waals surface area contributed by atoms with Gasteiger partial charge in [-0.1, -0.05) is 6.92 Å². The van der Waals surface area contributed by atoms with E-state index < -0.39 is 61.5 Å². The molecule has 0 bridgehead atoms. The number of hydrogen-bond acceptors (Lipinski definition) is 5. The molecule has 1 aromatic rings. The highest BCUT2D eigenvalue weighted by atomic mass is 32.2. The maximum absolute atomic E-state index is 13.9. The fraction of sp³-hybridized carbons (Fsp3) is 0.500. The van der Waals surface area contributed by atoms with Crippen LogP contribution in [0.3, 0.4) is 0 Å². The maximum Gasteiger partial charge on any atom is 0.460 e. The van der Waals surface area contributed by atoms with Gasteiger partial charge in [-0.25, -0.2) is 8.42 Å². The zero-order valence-electron chi connectivity index (χ0n) is 15.9. The van der Waals surface area contributed by atoms with Gasteiger partial charge in [0.05, 0.1) is 5.75 Å². The molecular weight excluding hydrogens is 471 g/mol. The first kappa shape index (κ1) is 26.7. The van der Waals surface area contributed by atoms with E-state index in [1.165, 1.54) is 21.0 Å². The van der Waals surface area contributed by atoms with Gasteiger partial charge in [0.25, 0.3) is 0 Å². The van der Waals surface area contributed by atoms with Crippen molar-refractivity contribution in [3.05, 3.63) is 40.7 Å². The minimum atomic E-state index is -7.09. The van der Waals surface area contributed by atoms with E-state index in [9.17, 15) is 52.7 Å². The van der Waals surface area contributed by atoms with Crippen molar-refractivity contribution in [2.24, 2.45) is 0 Å². The van der Waals surface area contributed by atoms with Crippen LogP contribution < -0.4 is 0 Å². The van der Waals surface area contributed by atoms with Crippen molar-refractivity contribution in [1.82, 2.24) is 9.88 Å². The predicted molar refractivity (Wildman–Crippen MR) is 89.6 cm³/mol. The van der Waals surface area contributed by atoms with Crippen molar-refractivity contribution in [3.8, 4) is 0 Å². The first-order chi connectivity index (χ1) is 13.7. The summed E-state index contributed by atoms with van der Waals surface area (Å²) in [5.41, 5.74) is -2.90. The van der Waals surface area contributed by atoms with E-state index >= 15 is 0 Å². The smallest absolute Gasteiger partial charge is 0.382 e. The molecule has 0 fully saturated rings. The number of aromatic nitrogens is 1. The molecule has 176 valence electrons. The van der Waals surface area contributed by atoms with Gasteiger partial charge in [0.1, 0.15) is 10.6 Å². The number of carbonyl (C=O) groups is 1. The molecule has 15 heteroatoms. The normalized spacial score (nSPS) is 14.5. The minimum Gasteiger partial charge on any atom is -0.382 e. The van der Waals surface area contributed by atoms with Crippen molar-refractivity contribution < 1.29 is 52.7 Å². The van der Waals surface area contributed by atoms with Crippen molar-refractivity contribution in [2.75, 3.05) is 19.8 Å². The topological polar surface area (TPSA) is 67.3 Å². The second-order valence-electron chi connectivity index (χ2n) is 6.34. The molecule has 0 aliphatic rings. The first-order valence-corrected chi connectivity index (χ1v) is 9.71. The minimum absolute atomic E-state index is 0.0214. The molecule has 0 aromatic carbocycles. The molecule has 0 atom stereocenters. The monoisotopic (exact) mass is 486 g/mol. The van der Waals surface area contributed by atoms with Crippen LogP contribution in [0.1, 0.15) is 23.0 Å². The van der Waals surface area contributed by atoms with Crippen LogP contribution in [0, 0.1) is 0 Å².